The van der Waals surface area contributed by atoms with Gasteiger partial charge in [0.2, 0.25) is 5.91 Å². The van der Waals surface area contributed by atoms with Crippen molar-refractivity contribution in [1.82, 2.24) is 0 Å². The highest BCUT2D eigenvalue weighted by Crippen LogP contribution is 2.36. The molecule has 15 heavy (non-hydrogen) atoms. The molecule has 1 aliphatic heterocycles. The van der Waals surface area contributed by atoms with Gasteiger partial charge in [-0.3, -0.25) is 4.79 Å². The fourth-order valence-electron chi connectivity index (χ4n) is 1.80. The maximum Gasteiger partial charge on any atom is 0.249 e. The third-order valence-corrected chi connectivity index (χ3v) is 3.02. The number of likely N-dealkylation sites (N-methyl/N-ethyl adjacent to an activating group) is 1. The summed E-state index contributed by atoms with van der Waals surface area (Å²) in [4.78, 5) is 13.5. The third kappa shape index (κ3) is 1.57. The van der Waals surface area contributed by atoms with E-state index in [-0.39, 0.29) is 11.9 Å². The number of carbonyl (C=O) groups is 1. The Bertz CT molecular complexity index is 406. The zero-order valence-electron chi connectivity index (χ0n) is 8.75. The molecule has 1 amide bonds. The van der Waals surface area contributed by atoms with Crippen LogP contribution in [0.3, 0.4) is 0 Å². The molecule has 1 N–H and O–H groups in total. The molecule has 0 bridgehead atoms. The molecule has 0 spiro atoms. The second-order valence-corrected chi connectivity index (χ2v) is 4.04. The van der Waals surface area contributed by atoms with Crippen molar-refractivity contribution in [2.45, 2.75) is 19.4 Å². The fourth-order valence-corrected chi connectivity index (χ4v) is 2.02. The van der Waals surface area contributed by atoms with Crippen molar-refractivity contribution in [1.29, 1.82) is 0 Å². The molecule has 1 unspecified atom stereocenters. The zero-order valence-corrected chi connectivity index (χ0v) is 9.51. The van der Waals surface area contributed by atoms with E-state index >= 15 is 0 Å². The number of benzene rings is 1. The van der Waals surface area contributed by atoms with Gasteiger partial charge in [0.1, 0.15) is 6.04 Å². The van der Waals surface area contributed by atoms with Crippen LogP contribution in [0.5, 0.6) is 0 Å². The lowest BCUT2D eigenvalue weighted by Gasteiger charge is -2.32. The monoisotopic (exact) mass is 224 g/mol. The van der Waals surface area contributed by atoms with E-state index in [0.717, 1.165) is 17.8 Å². The molecule has 0 aromatic heterocycles. The molecule has 80 valence electrons. The average Bonchev–Trinajstić information content (AvgIpc) is 2.24. The summed E-state index contributed by atoms with van der Waals surface area (Å²) in [5.41, 5.74) is 1.70. The minimum absolute atomic E-state index is 0.0901. The molecule has 0 fully saturated rings. The summed E-state index contributed by atoms with van der Waals surface area (Å²) in [6, 6.07) is 5.39. The lowest BCUT2D eigenvalue weighted by Crippen LogP contribution is -2.44. The van der Waals surface area contributed by atoms with Crippen LogP contribution in [-0.4, -0.2) is 19.0 Å². The van der Waals surface area contributed by atoms with Crippen molar-refractivity contribution >= 4 is 28.9 Å². The second kappa shape index (κ2) is 3.74. The molecule has 1 atom stereocenters. The van der Waals surface area contributed by atoms with Gasteiger partial charge in [-0.15, -0.1) is 0 Å². The lowest BCUT2D eigenvalue weighted by molar-refractivity contribution is -0.119. The number of rotatable bonds is 1. The van der Waals surface area contributed by atoms with Crippen LogP contribution >= 0.6 is 11.6 Å². The molecule has 0 radical (unpaired) electrons. The van der Waals surface area contributed by atoms with Crippen LogP contribution in [0.2, 0.25) is 5.02 Å². The number of nitrogens with zero attached hydrogens (tertiary/aromatic N) is 1. The van der Waals surface area contributed by atoms with Crippen molar-refractivity contribution in [2.75, 3.05) is 17.3 Å². The van der Waals surface area contributed by atoms with Gasteiger partial charge in [0.05, 0.1) is 16.4 Å². The first kappa shape index (κ1) is 10.3. The first-order valence-corrected chi connectivity index (χ1v) is 5.35. The highest BCUT2D eigenvalue weighted by Gasteiger charge is 2.29. The Balaban J connectivity index is 2.50. The van der Waals surface area contributed by atoms with Gasteiger partial charge in [0, 0.05) is 7.05 Å². The Morgan fingerprint density at radius 1 is 1.53 bits per heavy atom. The number of para-hydroxylation sites is 1. The Morgan fingerprint density at radius 2 is 2.27 bits per heavy atom. The van der Waals surface area contributed by atoms with Crippen LogP contribution in [0.25, 0.3) is 0 Å². The second-order valence-electron chi connectivity index (χ2n) is 3.64. The molecule has 1 aliphatic rings. The number of nitrogens with one attached hydrogen (secondary N) is 1. The van der Waals surface area contributed by atoms with E-state index in [2.05, 4.69) is 5.32 Å². The SMILES string of the molecule is CCC1Nc2c(Cl)cccc2N(C)C1=O. The molecular weight excluding hydrogens is 212 g/mol. The summed E-state index contributed by atoms with van der Waals surface area (Å²) in [5.74, 6) is 0.0901. The fraction of sp³-hybridized carbons (Fsp3) is 0.364. The Kier molecular flexibility index (Phi) is 2.57. The topological polar surface area (TPSA) is 32.3 Å². The molecular formula is C11H13ClN2O. The summed E-state index contributed by atoms with van der Waals surface area (Å²) in [6.45, 7) is 1.98. The molecule has 0 saturated heterocycles. The van der Waals surface area contributed by atoms with E-state index in [4.69, 9.17) is 11.6 Å². The summed E-state index contributed by atoms with van der Waals surface area (Å²) < 4.78 is 0. The number of anilines is 2. The molecule has 0 aliphatic carbocycles. The van der Waals surface area contributed by atoms with Crippen molar-refractivity contribution in [3.8, 4) is 0 Å². The predicted octanol–water partition coefficient (Wildman–Crippen LogP) is 2.51. The van der Waals surface area contributed by atoms with E-state index in [1.807, 2.05) is 25.1 Å². The van der Waals surface area contributed by atoms with Gasteiger partial charge in [0.15, 0.2) is 0 Å². The van der Waals surface area contributed by atoms with E-state index in [0.29, 0.717) is 5.02 Å². The van der Waals surface area contributed by atoms with Gasteiger partial charge in [-0.1, -0.05) is 24.6 Å². The quantitative estimate of drug-likeness (QED) is 0.795. The van der Waals surface area contributed by atoms with Crippen molar-refractivity contribution in [3.05, 3.63) is 23.2 Å². The number of halogens is 1. The summed E-state index contributed by atoms with van der Waals surface area (Å²) in [5, 5.41) is 3.83. The molecule has 0 saturated carbocycles. The number of hydrogen-bond donors (Lipinski definition) is 1. The van der Waals surface area contributed by atoms with Gasteiger partial charge in [-0.05, 0) is 18.6 Å². The highest BCUT2D eigenvalue weighted by molar-refractivity contribution is 6.34. The lowest BCUT2D eigenvalue weighted by atomic mass is 10.1. The summed E-state index contributed by atoms with van der Waals surface area (Å²) in [7, 11) is 1.78. The maximum atomic E-state index is 11.9. The van der Waals surface area contributed by atoms with Crippen molar-refractivity contribution in [2.24, 2.45) is 0 Å². The molecule has 1 aromatic carbocycles. The van der Waals surface area contributed by atoms with E-state index in [1.54, 1.807) is 11.9 Å². The van der Waals surface area contributed by atoms with E-state index in [1.165, 1.54) is 0 Å². The predicted molar refractivity (Wildman–Crippen MR) is 62.6 cm³/mol. The molecule has 4 heteroatoms. The average molecular weight is 225 g/mol. The van der Waals surface area contributed by atoms with Crippen LogP contribution in [0.15, 0.2) is 18.2 Å². The third-order valence-electron chi connectivity index (χ3n) is 2.71. The summed E-state index contributed by atoms with van der Waals surface area (Å²) in [6.07, 6.45) is 0.758. The minimum atomic E-state index is -0.164. The normalized spacial score (nSPS) is 19.8. The van der Waals surface area contributed by atoms with Crippen LogP contribution < -0.4 is 10.2 Å². The number of hydrogen-bond acceptors (Lipinski definition) is 2. The van der Waals surface area contributed by atoms with E-state index < -0.39 is 0 Å². The van der Waals surface area contributed by atoms with Crippen molar-refractivity contribution in [3.63, 3.8) is 0 Å². The van der Waals surface area contributed by atoms with Crippen LogP contribution in [0.4, 0.5) is 11.4 Å². The Labute approximate surface area is 94.0 Å². The Morgan fingerprint density at radius 3 is 2.93 bits per heavy atom. The van der Waals surface area contributed by atoms with Gasteiger partial charge in [-0.25, -0.2) is 0 Å². The molecule has 1 heterocycles. The summed E-state index contributed by atoms with van der Waals surface area (Å²) >= 11 is 6.08. The van der Waals surface area contributed by atoms with Gasteiger partial charge >= 0.3 is 0 Å². The Hall–Kier alpha value is -1.22. The molecule has 2 rings (SSSR count). The van der Waals surface area contributed by atoms with Crippen molar-refractivity contribution < 1.29 is 4.79 Å². The van der Waals surface area contributed by atoms with Gasteiger partial charge in [0.25, 0.3) is 0 Å². The van der Waals surface area contributed by atoms with Gasteiger partial charge in [-0.2, -0.15) is 0 Å². The highest BCUT2D eigenvalue weighted by atomic mass is 35.5. The first-order chi connectivity index (χ1) is 7.15. The number of amides is 1. The van der Waals surface area contributed by atoms with E-state index in [9.17, 15) is 4.79 Å². The maximum absolute atomic E-state index is 11.9. The number of carbonyl (C=O) groups excluding carboxylic acids is 1. The standard InChI is InChI=1S/C11H13ClN2O/c1-3-8-11(15)14(2)9-6-4-5-7(12)10(9)13-8/h4-6,8,13H,3H2,1-2H3. The largest absolute Gasteiger partial charge is 0.371 e. The zero-order chi connectivity index (χ0) is 11.0. The minimum Gasteiger partial charge on any atom is -0.371 e. The molecule has 1 aromatic rings. The number of fused-ring (bicyclic) bond motifs is 1. The van der Waals surface area contributed by atoms with Gasteiger partial charge < -0.3 is 10.2 Å². The molecule has 3 nitrogen and oxygen atoms in total. The van der Waals surface area contributed by atoms with Crippen LogP contribution in [0, 0.1) is 0 Å². The van der Waals surface area contributed by atoms with Crippen LogP contribution in [0.1, 0.15) is 13.3 Å². The first-order valence-electron chi connectivity index (χ1n) is 4.97. The van der Waals surface area contributed by atoms with Crippen LogP contribution in [-0.2, 0) is 4.79 Å². The smallest absolute Gasteiger partial charge is 0.249 e.